The van der Waals surface area contributed by atoms with Gasteiger partial charge < -0.3 is 9.64 Å². The van der Waals surface area contributed by atoms with Crippen LogP contribution in [0.1, 0.15) is 28.2 Å². The lowest BCUT2D eigenvalue weighted by Gasteiger charge is -2.16. The minimum absolute atomic E-state index is 0.141. The van der Waals surface area contributed by atoms with Gasteiger partial charge in [-0.2, -0.15) is 10.4 Å². The number of rotatable bonds is 3. The molecule has 0 aliphatic carbocycles. The molecule has 1 saturated heterocycles. The van der Waals surface area contributed by atoms with Crippen LogP contribution in [0.5, 0.6) is 5.88 Å². The Hall–Kier alpha value is -2.59. The van der Waals surface area contributed by atoms with E-state index >= 15 is 0 Å². The highest BCUT2D eigenvalue weighted by Gasteiger charge is 2.31. The smallest absolute Gasteiger partial charge is 0.276 e. The van der Waals surface area contributed by atoms with Crippen LogP contribution < -0.4 is 4.74 Å². The summed E-state index contributed by atoms with van der Waals surface area (Å²) >= 11 is 6.18. The van der Waals surface area contributed by atoms with E-state index in [9.17, 15) is 4.79 Å². The van der Waals surface area contributed by atoms with Crippen molar-refractivity contribution in [1.82, 2.24) is 19.7 Å². The monoisotopic (exact) mass is 345 g/mol. The molecular formula is C16H16ClN5O2. The number of hydrogen-bond acceptors (Lipinski definition) is 5. The van der Waals surface area contributed by atoms with Gasteiger partial charge in [0.25, 0.3) is 5.91 Å². The highest BCUT2D eigenvalue weighted by atomic mass is 35.5. The molecule has 1 aliphatic rings. The van der Waals surface area contributed by atoms with Crippen LogP contribution in [-0.2, 0) is 7.05 Å². The lowest BCUT2D eigenvalue weighted by Crippen LogP contribution is -2.31. The molecule has 124 valence electrons. The van der Waals surface area contributed by atoms with E-state index in [2.05, 4.69) is 10.1 Å². The number of nitrogens with zero attached hydrogens (tertiary/aromatic N) is 5. The molecule has 1 amide bonds. The van der Waals surface area contributed by atoms with Crippen molar-refractivity contribution in [1.29, 1.82) is 5.26 Å². The molecule has 8 heteroatoms. The van der Waals surface area contributed by atoms with Gasteiger partial charge in [0, 0.05) is 32.3 Å². The second-order valence-electron chi connectivity index (χ2n) is 5.65. The maximum atomic E-state index is 12.6. The topological polar surface area (TPSA) is 84.0 Å². The first-order valence-corrected chi connectivity index (χ1v) is 7.88. The van der Waals surface area contributed by atoms with Crippen LogP contribution in [0.3, 0.4) is 0 Å². The number of aryl methyl sites for hydroxylation is 1. The van der Waals surface area contributed by atoms with E-state index in [-0.39, 0.29) is 17.7 Å². The Kier molecular flexibility index (Phi) is 4.40. The molecule has 0 unspecified atom stereocenters. The minimum atomic E-state index is -0.192. The van der Waals surface area contributed by atoms with Gasteiger partial charge >= 0.3 is 0 Å². The third-order valence-electron chi connectivity index (χ3n) is 4.05. The average Bonchev–Trinajstić information content (AvgIpc) is 3.15. The molecule has 0 radical (unpaired) electrons. The van der Waals surface area contributed by atoms with E-state index in [1.165, 1.54) is 6.20 Å². The highest BCUT2D eigenvalue weighted by molar-refractivity contribution is 6.34. The summed E-state index contributed by atoms with van der Waals surface area (Å²) < 4.78 is 7.37. The fourth-order valence-corrected chi connectivity index (χ4v) is 2.81. The number of aromatic nitrogens is 3. The molecule has 1 aliphatic heterocycles. The molecule has 2 aromatic rings. The number of carbonyl (C=O) groups is 1. The zero-order valence-corrected chi connectivity index (χ0v) is 14.1. The fourth-order valence-electron chi connectivity index (χ4n) is 2.56. The summed E-state index contributed by atoms with van der Waals surface area (Å²) in [6, 6.07) is 5.31. The number of nitriles is 1. The number of carbonyl (C=O) groups excluding carboxylic acids is 1. The van der Waals surface area contributed by atoms with Crippen molar-refractivity contribution in [2.24, 2.45) is 7.05 Å². The van der Waals surface area contributed by atoms with Crippen LogP contribution in [0.25, 0.3) is 0 Å². The van der Waals surface area contributed by atoms with Crippen LogP contribution in [0.15, 0.2) is 18.3 Å². The zero-order chi connectivity index (χ0) is 17.3. The van der Waals surface area contributed by atoms with Crippen molar-refractivity contribution in [2.75, 3.05) is 13.1 Å². The standard InChI is InChI=1S/C16H16ClN5O2/c1-10-14(17)15(20-21(10)2)16(23)22-6-5-12(9-22)24-13-4-3-11(7-18)8-19-13/h3-4,8,12H,5-6,9H2,1-2H3/t12-/m0/s1. The number of hydrogen-bond donors (Lipinski definition) is 0. The van der Waals surface area contributed by atoms with Gasteiger partial charge in [0.05, 0.1) is 22.8 Å². The molecule has 7 nitrogen and oxygen atoms in total. The Balaban J connectivity index is 1.65. The maximum Gasteiger partial charge on any atom is 0.276 e. The largest absolute Gasteiger partial charge is 0.472 e. The molecule has 3 heterocycles. The molecule has 0 aromatic carbocycles. The van der Waals surface area contributed by atoms with E-state index in [0.29, 0.717) is 36.0 Å². The van der Waals surface area contributed by atoms with Crippen molar-refractivity contribution in [3.8, 4) is 11.9 Å². The van der Waals surface area contributed by atoms with Gasteiger partial charge in [-0.05, 0) is 13.0 Å². The van der Waals surface area contributed by atoms with Crippen LogP contribution >= 0.6 is 11.6 Å². The molecule has 0 bridgehead atoms. The first kappa shape index (κ1) is 16.3. The van der Waals surface area contributed by atoms with Crippen molar-refractivity contribution < 1.29 is 9.53 Å². The van der Waals surface area contributed by atoms with E-state index in [0.717, 1.165) is 5.69 Å². The lowest BCUT2D eigenvalue weighted by atomic mass is 10.3. The van der Waals surface area contributed by atoms with Gasteiger partial charge in [-0.3, -0.25) is 9.48 Å². The summed E-state index contributed by atoms with van der Waals surface area (Å²) in [4.78, 5) is 18.3. The van der Waals surface area contributed by atoms with E-state index < -0.39 is 0 Å². The Labute approximate surface area is 144 Å². The molecular weight excluding hydrogens is 330 g/mol. The average molecular weight is 346 g/mol. The van der Waals surface area contributed by atoms with Gasteiger partial charge in [0.2, 0.25) is 5.88 Å². The van der Waals surface area contributed by atoms with Crippen LogP contribution in [0.4, 0.5) is 0 Å². The molecule has 0 spiro atoms. The van der Waals surface area contributed by atoms with Gasteiger partial charge in [0.1, 0.15) is 12.2 Å². The van der Waals surface area contributed by atoms with E-state index in [1.54, 1.807) is 28.8 Å². The first-order chi connectivity index (χ1) is 11.5. The summed E-state index contributed by atoms with van der Waals surface area (Å²) in [5.74, 6) is 0.252. The number of halogens is 1. The first-order valence-electron chi connectivity index (χ1n) is 7.50. The van der Waals surface area contributed by atoms with Crippen molar-refractivity contribution in [3.05, 3.63) is 40.3 Å². The number of ether oxygens (including phenoxy) is 1. The van der Waals surface area contributed by atoms with Crippen molar-refractivity contribution in [3.63, 3.8) is 0 Å². The Morgan fingerprint density at radius 1 is 1.50 bits per heavy atom. The van der Waals surface area contributed by atoms with Gasteiger partial charge in [-0.1, -0.05) is 11.6 Å². The van der Waals surface area contributed by atoms with E-state index in [4.69, 9.17) is 21.6 Å². The molecule has 1 fully saturated rings. The molecule has 1 atom stereocenters. The molecule has 0 N–H and O–H groups in total. The summed E-state index contributed by atoms with van der Waals surface area (Å²) in [6.07, 6.45) is 2.03. The molecule has 24 heavy (non-hydrogen) atoms. The Morgan fingerprint density at radius 3 is 2.88 bits per heavy atom. The Bertz CT molecular complexity index is 809. The van der Waals surface area contributed by atoms with Crippen LogP contribution in [-0.4, -0.2) is 44.8 Å². The third-order valence-corrected chi connectivity index (χ3v) is 4.50. The van der Waals surface area contributed by atoms with E-state index in [1.807, 2.05) is 13.0 Å². The summed E-state index contributed by atoms with van der Waals surface area (Å²) in [5.41, 5.74) is 1.51. The minimum Gasteiger partial charge on any atom is -0.472 e. The normalized spacial score (nSPS) is 16.9. The maximum absolute atomic E-state index is 12.6. The highest BCUT2D eigenvalue weighted by Crippen LogP contribution is 2.23. The van der Waals surface area contributed by atoms with Gasteiger partial charge in [-0.25, -0.2) is 4.98 Å². The summed E-state index contributed by atoms with van der Waals surface area (Å²) in [7, 11) is 1.75. The second-order valence-corrected chi connectivity index (χ2v) is 6.03. The Morgan fingerprint density at radius 2 is 2.29 bits per heavy atom. The van der Waals surface area contributed by atoms with Crippen molar-refractivity contribution >= 4 is 17.5 Å². The quantitative estimate of drug-likeness (QED) is 0.848. The SMILES string of the molecule is Cc1c(Cl)c(C(=O)N2CC[C@H](Oc3ccc(C#N)cn3)C2)nn1C. The third kappa shape index (κ3) is 3.05. The number of amides is 1. The second kappa shape index (κ2) is 6.49. The molecule has 0 saturated carbocycles. The van der Waals surface area contributed by atoms with Crippen LogP contribution in [0, 0.1) is 18.3 Å². The predicted molar refractivity (Wildman–Crippen MR) is 86.8 cm³/mol. The fraction of sp³-hybridized carbons (Fsp3) is 0.375. The molecule has 2 aromatic heterocycles. The molecule has 3 rings (SSSR count). The number of likely N-dealkylation sites (tertiary alicyclic amines) is 1. The lowest BCUT2D eigenvalue weighted by molar-refractivity contribution is 0.0765. The van der Waals surface area contributed by atoms with Gasteiger partial charge in [-0.15, -0.1) is 0 Å². The summed E-state index contributed by atoms with van der Waals surface area (Å²) in [6.45, 7) is 2.84. The van der Waals surface area contributed by atoms with Crippen LogP contribution in [0.2, 0.25) is 5.02 Å². The van der Waals surface area contributed by atoms with Gasteiger partial charge in [0.15, 0.2) is 5.69 Å². The summed E-state index contributed by atoms with van der Waals surface area (Å²) in [5, 5.41) is 13.3. The number of pyridine rings is 1. The zero-order valence-electron chi connectivity index (χ0n) is 13.4. The van der Waals surface area contributed by atoms with Crippen molar-refractivity contribution in [2.45, 2.75) is 19.4 Å². The predicted octanol–water partition coefficient (Wildman–Crippen LogP) is 1.94.